The highest BCUT2D eigenvalue weighted by Crippen LogP contribution is 2.29. The number of hydrogen-bond donors (Lipinski definition) is 0. The van der Waals surface area contributed by atoms with Crippen molar-refractivity contribution in [3.05, 3.63) is 63.5 Å². The molecule has 0 fully saturated rings. The van der Waals surface area contributed by atoms with Crippen LogP contribution in [0.2, 0.25) is 0 Å². The molecule has 0 aliphatic carbocycles. The van der Waals surface area contributed by atoms with Crippen molar-refractivity contribution in [2.45, 2.75) is 26.6 Å². The highest BCUT2D eigenvalue weighted by atomic mass is 32.1. The van der Waals surface area contributed by atoms with Gasteiger partial charge in [0.25, 0.3) is 5.91 Å². The van der Waals surface area contributed by atoms with E-state index in [1.165, 1.54) is 23.5 Å². The second-order valence-electron chi connectivity index (χ2n) is 6.10. The summed E-state index contributed by atoms with van der Waals surface area (Å²) in [5.41, 5.74) is 1.91. The molecular formula is C20H15F3N2OS. The van der Waals surface area contributed by atoms with E-state index in [0.717, 1.165) is 33.5 Å². The molecule has 3 rings (SSSR count). The standard InChI is InChI=1S/C20H15F3N2OS/c1-4-8-25-16-10-12(2)9-13(3)17(16)27-19(25)24-18(26)14-6-5-7-15(11-14)20(21,22)23/h1,5-7,9-11H,8H2,2-3H3. The highest BCUT2D eigenvalue weighted by molar-refractivity contribution is 7.16. The minimum atomic E-state index is -4.52. The number of halogens is 3. The summed E-state index contributed by atoms with van der Waals surface area (Å²) < 4.78 is 41.3. The lowest BCUT2D eigenvalue weighted by molar-refractivity contribution is -0.137. The third kappa shape index (κ3) is 3.81. The van der Waals surface area contributed by atoms with Gasteiger partial charge in [0.2, 0.25) is 0 Å². The van der Waals surface area contributed by atoms with Crippen molar-refractivity contribution in [3.63, 3.8) is 0 Å². The number of amides is 1. The molecule has 3 aromatic rings. The van der Waals surface area contributed by atoms with E-state index in [0.29, 0.717) is 4.80 Å². The Labute approximate surface area is 157 Å². The Morgan fingerprint density at radius 2 is 2.00 bits per heavy atom. The van der Waals surface area contributed by atoms with Crippen LogP contribution in [0.4, 0.5) is 13.2 Å². The van der Waals surface area contributed by atoms with E-state index in [4.69, 9.17) is 6.42 Å². The van der Waals surface area contributed by atoms with Crippen molar-refractivity contribution in [2.24, 2.45) is 4.99 Å². The Bertz CT molecular complexity index is 1150. The van der Waals surface area contributed by atoms with Gasteiger partial charge < -0.3 is 4.57 Å². The van der Waals surface area contributed by atoms with Crippen LogP contribution in [0.25, 0.3) is 10.2 Å². The number of terminal acetylenes is 1. The topological polar surface area (TPSA) is 34.4 Å². The number of carbonyl (C=O) groups excluding carboxylic acids is 1. The highest BCUT2D eigenvalue weighted by Gasteiger charge is 2.30. The van der Waals surface area contributed by atoms with E-state index in [2.05, 4.69) is 10.9 Å². The molecule has 138 valence electrons. The number of rotatable bonds is 2. The van der Waals surface area contributed by atoms with E-state index < -0.39 is 17.6 Å². The SMILES string of the molecule is C#CCn1c(=NC(=O)c2cccc(C(F)(F)F)c2)sc2c(C)cc(C)cc21. The average Bonchev–Trinajstić information content (AvgIpc) is 2.93. The van der Waals surface area contributed by atoms with Crippen molar-refractivity contribution >= 4 is 27.5 Å². The smallest absolute Gasteiger partial charge is 0.305 e. The first-order chi connectivity index (χ1) is 12.7. The third-order valence-electron chi connectivity index (χ3n) is 4.00. The molecule has 3 nitrogen and oxygen atoms in total. The van der Waals surface area contributed by atoms with Crippen LogP contribution in [0.15, 0.2) is 41.4 Å². The number of benzene rings is 2. The van der Waals surface area contributed by atoms with Crippen LogP contribution >= 0.6 is 11.3 Å². The van der Waals surface area contributed by atoms with Crippen LogP contribution in [0.1, 0.15) is 27.0 Å². The van der Waals surface area contributed by atoms with Gasteiger partial charge in [-0.1, -0.05) is 29.4 Å². The van der Waals surface area contributed by atoms with Gasteiger partial charge in [-0.25, -0.2) is 0 Å². The van der Waals surface area contributed by atoms with Gasteiger partial charge >= 0.3 is 6.18 Å². The van der Waals surface area contributed by atoms with E-state index in [-0.39, 0.29) is 12.1 Å². The van der Waals surface area contributed by atoms with Crippen LogP contribution in [-0.4, -0.2) is 10.5 Å². The maximum atomic E-state index is 12.9. The number of alkyl halides is 3. The monoisotopic (exact) mass is 388 g/mol. The first-order valence-electron chi connectivity index (χ1n) is 8.01. The van der Waals surface area contributed by atoms with Gasteiger partial charge in [0.15, 0.2) is 4.80 Å². The fourth-order valence-corrected chi connectivity index (χ4v) is 3.90. The largest absolute Gasteiger partial charge is 0.416 e. The van der Waals surface area contributed by atoms with Crippen LogP contribution in [0.5, 0.6) is 0 Å². The number of hydrogen-bond acceptors (Lipinski definition) is 2. The molecule has 0 N–H and O–H groups in total. The summed E-state index contributed by atoms with van der Waals surface area (Å²) in [6.45, 7) is 4.11. The quantitative estimate of drug-likeness (QED) is 0.586. The predicted molar refractivity (Wildman–Crippen MR) is 99.5 cm³/mol. The summed E-state index contributed by atoms with van der Waals surface area (Å²) in [5, 5.41) is 0. The molecule has 7 heteroatoms. The fraction of sp³-hybridized carbons (Fsp3) is 0.200. The summed E-state index contributed by atoms with van der Waals surface area (Å²) in [5.74, 6) is 1.79. The molecule has 0 aliphatic rings. The molecule has 0 bridgehead atoms. The normalized spacial score (nSPS) is 12.4. The lowest BCUT2D eigenvalue weighted by atomic mass is 10.1. The summed E-state index contributed by atoms with van der Waals surface area (Å²) in [6.07, 6.45) is 0.926. The van der Waals surface area contributed by atoms with Crippen LogP contribution in [-0.2, 0) is 12.7 Å². The summed E-state index contributed by atoms with van der Waals surface area (Å²) in [4.78, 5) is 16.9. The number of nitrogens with zero attached hydrogens (tertiary/aromatic N) is 2. The van der Waals surface area contributed by atoms with Crippen molar-refractivity contribution in [2.75, 3.05) is 0 Å². The molecule has 1 amide bonds. The predicted octanol–water partition coefficient (Wildman–Crippen LogP) is 4.71. The number of aryl methyl sites for hydroxylation is 2. The molecule has 0 atom stereocenters. The Hall–Kier alpha value is -2.85. The Kier molecular flexibility index (Phi) is 4.94. The second kappa shape index (κ2) is 7.05. The zero-order valence-corrected chi connectivity index (χ0v) is 15.4. The van der Waals surface area contributed by atoms with Gasteiger partial charge in [0.1, 0.15) is 0 Å². The van der Waals surface area contributed by atoms with Gasteiger partial charge in [0, 0.05) is 5.56 Å². The second-order valence-corrected chi connectivity index (χ2v) is 7.08. The van der Waals surface area contributed by atoms with Crippen LogP contribution in [0, 0.1) is 26.2 Å². The van der Waals surface area contributed by atoms with E-state index >= 15 is 0 Å². The molecule has 0 saturated heterocycles. The van der Waals surface area contributed by atoms with Gasteiger partial charge in [-0.2, -0.15) is 18.2 Å². The van der Waals surface area contributed by atoms with Crippen molar-refractivity contribution in [1.82, 2.24) is 4.57 Å². The molecule has 0 saturated carbocycles. The summed E-state index contributed by atoms with van der Waals surface area (Å²) in [7, 11) is 0. The number of aromatic nitrogens is 1. The number of carbonyl (C=O) groups is 1. The Balaban J connectivity index is 2.16. The lowest BCUT2D eigenvalue weighted by Crippen LogP contribution is -2.16. The minimum absolute atomic E-state index is 0.123. The summed E-state index contributed by atoms with van der Waals surface area (Å²) in [6, 6.07) is 8.19. The lowest BCUT2D eigenvalue weighted by Gasteiger charge is -2.06. The molecule has 0 radical (unpaired) electrons. The van der Waals surface area contributed by atoms with Gasteiger partial charge in [-0.15, -0.1) is 6.42 Å². The van der Waals surface area contributed by atoms with Gasteiger partial charge in [-0.05, 0) is 49.2 Å². The van der Waals surface area contributed by atoms with E-state index in [1.54, 1.807) is 4.57 Å². The molecule has 0 unspecified atom stereocenters. The minimum Gasteiger partial charge on any atom is -0.305 e. The summed E-state index contributed by atoms with van der Waals surface area (Å²) >= 11 is 1.29. The van der Waals surface area contributed by atoms with Crippen LogP contribution < -0.4 is 4.80 Å². The van der Waals surface area contributed by atoms with Gasteiger partial charge in [-0.3, -0.25) is 4.79 Å². The Morgan fingerprint density at radius 1 is 1.26 bits per heavy atom. The first kappa shape index (κ1) is 18.9. The average molecular weight is 388 g/mol. The molecule has 0 aliphatic heterocycles. The van der Waals surface area contributed by atoms with E-state index in [9.17, 15) is 18.0 Å². The first-order valence-corrected chi connectivity index (χ1v) is 8.82. The van der Waals surface area contributed by atoms with E-state index in [1.807, 2.05) is 26.0 Å². The van der Waals surface area contributed by atoms with Gasteiger partial charge in [0.05, 0.1) is 22.3 Å². The fourth-order valence-electron chi connectivity index (χ4n) is 2.82. The number of fused-ring (bicyclic) bond motifs is 1. The molecule has 1 heterocycles. The zero-order chi connectivity index (χ0) is 19.8. The third-order valence-corrected chi connectivity index (χ3v) is 5.23. The van der Waals surface area contributed by atoms with Crippen molar-refractivity contribution < 1.29 is 18.0 Å². The molecule has 2 aromatic carbocycles. The van der Waals surface area contributed by atoms with Crippen LogP contribution in [0.3, 0.4) is 0 Å². The Morgan fingerprint density at radius 3 is 2.67 bits per heavy atom. The molecule has 0 spiro atoms. The maximum absolute atomic E-state index is 12.9. The molecule has 27 heavy (non-hydrogen) atoms. The van der Waals surface area contributed by atoms with Crippen molar-refractivity contribution in [3.8, 4) is 12.3 Å². The maximum Gasteiger partial charge on any atom is 0.416 e. The zero-order valence-electron chi connectivity index (χ0n) is 14.6. The van der Waals surface area contributed by atoms with Crippen molar-refractivity contribution in [1.29, 1.82) is 0 Å². The molecule has 1 aromatic heterocycles. The number of thiazole rings is 1. The molecular weight excluding hydrogens is 373 g/mol.